The van der Waals surface area contributed by atoms with Crippen molar-refractivity contribution in [1.29, 1.82) is 0 Å². The van der Waals surface area contributed by atoms with E-state index in [2.05, 4.69) is 10.1 Å². The highest BCUT2D eigenvalue weighted by Crippen LogP contribution is 2.28. The van der Waals surface area contributed by atoms with Crippen molar-refractivity contribution in [3.05, 3.63) is 69.1 Å². The summed E-state index contributed by atoms with van der Waals surface area (Å²) in [4.78, 5) is 15.7. The van der Waals surface area contributed by atoms with Gasteiger partial charge in [-0.3, -0.25) is 4.79 Å². The molecule has 1 N–H and O–H groups in total. The summed E-state index contributed by atoms with van der Waals surface area (Å²) in [5.41, 5.74) is 2.37. The van der Waals surface area contributed by atoms with Crippen molar-refractivity contribution in [3.63, 3.8) is 0 Å². The number of rotatable bonds is 1. The van der Waals surface area contributed by atoms with Gasteiger partial charge in [-0.1, -0.05) is 41.4 Å². The molecule has 0 unspecified atom stereocenters. The fourth-order valence-electron chi connectivity index (χ4n) is 2.53. The first-order valence-electron chi connectivity index (χ1n) is 6.60. The van der Waals surface area contributed by atoms with Gasteiger partial charge in [0.15, 0.2) is 0 Å². The number of aromatic amines is 1. The van der Waals surface area contributed by atoms with Crippen LogP contribution in [0.4, 0.5) is 0 Å². The van der Waals surface area contributed by atoms with E-state index >= 15 is 0 Å². The molecule has 0 radical (unpaired) electrons. The second-order valence-electron chi connectivity index (χ2n) is 4.91. The van der Waals surface area contributed by atoms with Gasteiger partial charge < -0.3 is 4.98 Å². The fraction of sp³-hybridized carbons (Fsp3) is 0. The lowest BCUT2D eigenvalue weighted by Gasteiger charge is -2.03. The largest absolute Gasteiger partial charge is 0.360 e. The lowest BCUT2D eigenvalue weighted by Crippen LogP contribution is -2.14. The number of H-pyrrole nitrogens is 1. The molecule has 0 saturated heterocycles. The van der Waals surface area contributed by atoms with Gasteiger partial charge >= 0.3 is 0 Å². The number of hydrogen-bond donors (Lipinski definition) is 1. The summed E-state index contributed by atoms with van der Waals surface area (Å²) >= 11 is 12.1. The minimum absolute atomic E-state index is 0.221. The van der Waals surface area contributed by atoms with Crippen LogP contribution in [0.15, 0.2) is 53.5 Å². The van der Waals surface area contributed by atoms with Gasteiger partial charge in [-0.25, -0.2) is 0 Å². The number of halogens is 2. The van der Waals surface area contributed by atoms with Crippen molar-refractivity contribution in [3.8, 4) is 16.9 Å². The minimum atomic E-state index is -0.221. The molecule has 6 heteroatoms. The number of fused-ring (bicyclic) bond motifs is 3. The Morgan fingerprint density at radius 1 is 1.09 bits per heavy atom. The molecule has 2 aromatic rings. The van der Waals surface area contributed by atoms with Crippen molar-refractivity contribution in [2.24, 2.45) is 0 Å². The molecule has 0 fully saturated rings. The van der Waals surface area contributed by atoms with E-state index < -0.39 is 0 Å². The van der Waals surface area contributed by atoms with E-state index in [0.29, 0.717) is 27.0 Å². The highest BCUT2D eigenvalue weighted by atomic mass is 35.5. The molecular weight excluding hydrogens is 321 g/mol. The third-order valence-corrected chi connectivity index (χ3v) is 4.11. The minimum Gasteiger partial charge on any atom is -0.360 e. The molecule has 0 saturated carbocycles. The van der Waals surface area contributed by atoms with Gasteiger partial charge in [-0.15, -0.1) is 0 Å². The Hall–Kier alpha value is -2.30. The normalized spacial score (nSPS) is 11.4. The smallest absolute Gasteiger partial charge is 0.282 e. The first-order valence-corrected chi connectivity index (χ1v) is 7.35. The van der Waals surface area contributed by atoms with Gasteiger partial charge in [0, 0.05) is 22.1 Å². The maximum Gasteiger partial charge on any atom is 0.282 e. The Balaban J connectivity index is 2.07. The molecule has 0 aromatic heterocycles. The number of benzene rings is 2. The highest BCUT2D eigenvalue weighted by Gasteiger charge is 2.19. The predicted molar refractivity (Wildman–Crippen MR) is 88.3 cm³/mol. The monoisotopic (exact) mass is 329 g/mol. The van der Waals surface area contributed by atoms with E-state index in [9.17, 15) is 4.79 Å². The molecule has 2 aromatic carbocycles. The number of aromatic nitrogens is 3. The Bertz CT molecular complexity index is 1040. The molecule has 4 rings (SSSR count). The standard InChI is InChI=1S/C16H9Cl2N3O/c17-9-5-6-14(12(18)7-9)21-16(22)11-8-19-13-4-2-1-3-10(13)15(11)20-21/h1-8,19H. The second kappa shape index (κ2) is 4.87. The van der Waals surface area contributed by atoms with Gasteiger partial charge in [0.2, 0.25) is 0 Å². The van der Waals surface area contributed by atoms with Crippen molar-refractivity contribution in [1.82, 2.24) is 14.8 Å². The molecule has 0 aliphatic carbocycles. The van der Waals surface area contributed by atoms with Crippen LogP contribution in [0.2, 0.25) is 10.0 Å². The van der Waals surface area contributed by atoms with Crippen LogP contribution in [-0.4, -0.2) is 14.8 Å². The molecule has 0 amide bonds. The van der Waals surface area contributed by atoms with E-state index in [-0.39, 0.29) is 5.56 Å². The molecular formula is C16H9Cl2N3O. The Morgan fingerprint density at radius 2 is 1.91 bits per heavy atom. The molecule has 2 aliphatic rings. The van der Waals surface area contributed by atoms with Crippen LogP contribution in [0.1, 0.15) is 0 Å². The summed E-state index contributed by atoms with van der Waals surface area (Å²) in [6, 6.07) is 12.7. The van der Waals surface area contributed by atoms with E-state index in [1.807, 2.05) is 24.3 Å². The molecule has 0 spiro atoms. The van der Waals surface area contributed by atoms with Crippen LogP contribution in [0.3, 0.4) is 0 Å². The summed E-state index contributed by atoms with van der Waals surface area (Å²) < 4.78 is 1.31. The van der Waals surface area contributed by atoms with Crippen LogP contribution >= 0.6 is 23.2 Å². The molecule has 2 heterocycles. The van der Waals surface area contributed by atoms with Crippen LogP contribution in [0.25, 0.3) is 27.8 Å². The van der Waals surface area contributed by atoms with E-state index in [1.165, 1.54) is 4.68 Å². The number of pyridine rings is 1. The van der Waals surface area contributed by atoms with Crippen LogP contribution in [0.5, 0.6) is 0 Å². The van der Waals surface area contributed by atoms with Gasteiger partial charge in [-0.05, 0) is 24.3 Å². The quantitative estimate of drug-likeness (QED) is 0.571. The third kappa shape index (κ3) is 1.92. The SMILES string of the molecule is O=c1c2c[nH]c3ccccc3c-2nn1-c1ccc(Cl)cc1Cl. The Labute approximate surface area is 135 Å². The highest BCUT2D eigenvalue weighted by molar-refractivity contribution is 6.35. The maximum atomic E-state index is 12.6. The molecule has 108 valence electrons. The molecule has 2 aliphatic heterocycles. The van der Waals surface area contributed by atoms with Gasteiger partial charge in [-0.2, -0.15) is 9.78 Å². The van der Waals surface area contributed by atoms with Crippen LogP contribution in [0, 0.1) is 0 Å². The summed E-state index contributed by atoms with van der Waals surface area (Å²) in [5, 5.41) is 6.24. The first kappa shape index (κ1) is 13.4. The number of hydrogen-bond acceptors (Lipinski definition) is 2. The van der Waals surface area contributed by atoms with Crippen molar-refractivity contribution < 1.29 is 0 Å². The van der Waals surface area contributed by atoms with Gasteiger partial charge in [0.05, 0.1) is 16.3 Å². The first-order chi connectivity index (χ1) is 10.6. The van der Waals surface area contributed by atoms with Crippen molar-refractivity contribution >= 4 is 34.1 Å². The lowest BCUT2D eigenvalue weighted by molar-refractivity contribution is 0.859. The summed E-state index contributed by atoms with van der Waals surface area (Å²) in [6.07, 6.45) is 1.67. The van der Waals surface area contributed by atoms with E-state index in [1.54, 1.807) is 24.4 Å². The number of nitrogens with one attached hydrogen (secondary N) is 1. The average Bonchev–Trinajstić information content (AvgIpc) is 2.85. The van der Waals surface area contributed by atoms with Crippen molar-refractivity contribution in [2.45, 2.75) is 0 Å². The molecule has 4 nitrogen and oxygen atoms in total. The van der Waals surface area contributed by atoms with Gasteiger partial charge in [0.1, 0.15) is 5.69 Å². The number of para-hydroxylation sites is 1. The Morgan fingerprint density at radius 3 is 2.73 bits per heavy atom. The predicted octanol–water partition coefficient (Wildman–Crippen LogP) is 4.13. The van der Waals surface area contributed by atoms with Gasteiger partial charge in [0.25, 0.3) is 5.56 Å². The molecule has 22 heavy (non-hydrogen) atoms. The zero-order valence-electron chi connectivity index (χ0n) is 11.2. The van der Waals surface area contributed by atoms with E-state index in [4.69, 9.17) is 23.2 Å². The molecule has 0 atom stereocenters. The van der Waals surface area contributed by atoms with Crippen molar-refractivity contribution in [2.75, 3.05) is 0 Å². The summed E-state index contributed by atoms with van der Waals surface area (Å²) in [6.45, 7) is 0. The zero-order valence-corrected chi connectivity index (χ0v) is 12.7. The Kier molecular flexibility index (Phi) is 2.96. The van der Waals surface area contributed by atoms with Crippen LogP contribution < -0.4 is 5.56 Å². The summed E-state index contributed by atoms with van der Waals surface area (Å²) in [7, 11) is 0. The topological polar surface area (TPSA) is 50.7 Å². The number of nitrogens with zero attached hydrogens (tertiary/aromatic N) is 2. The van der Waals surface area contributed by atoms with E-state index in [0.717, 1.165) is 10.9 Å². The van der Waals surface area contributed by atoms with Crippen LogP contribution in [-0.2, 0) is 0 Å². The molecule has 0 bridgehead atoms. The fourth-order valence-corrected chi connectivity index (χ4v) is 3.01. The summed E-state index contributed by atoms with van der Waals surface area (Å²) in [5.74, 6) is 0. The maximum absolute atomic E-state index is 12.6. The second-order valence-corrected chi connectivity index (χ2v) is 5.75. The zero-order chi connectivity index (χ0) is 15.3. The average molecular weight is 330 g/mol. The third-order valence-electron chi connectivity index (χ3n) is 3.57. The lowest BCUT2D eigenvalue weighted by atomic mass is 10.1.